The number of hydrogen-bond acceptors (Lipinski definition) is 2. The Labute approximate surface area is 128 Å². The van der Waals surface area contributed by atoms with Crippen molar-refractivity contribution in [2.24, 2.45) is 0 Å². The van der Waals surface area contributed by atoms with Gasteiger partial charge < -0.3 is 9.80 Å². The summed E-state index contributed by atoms with van der Waals surface area (Å²) in [6, 6.07) is 17.5. The number of rotatable bonds is 3. The number of nitrogens with zero attached hydrogens (tertiary/aromatic N) is 2. The molecule has 3 rings (SSSR count). The molecule has 21 heavy (non-hydrogen) atoms. The topological polar surface area (TPSA) is 6.48 Å². The van der Waals surface area contributed by atoms with Crippen LogP contribution in [0.3, 0.4) is 0 Å². The largest absolute Gasteiger partial charge is 0.352 e. The van der Waals surface area contributed by atoms with E-state index in [-0.39, 0.29) is 0 Å². The van der Waals surface area contributed by atoms with Crippen molar-refractivity contribution in [3.8, 4) is 0 Å². The Bertz CT molecular complexity index is 618. The fourth-order valence-electron chi connectivity index (χ4n) is 3.16. The molecular formula is C19H24N2. The van der Waals surface area contributed by atoms with Gasteiger partial charge in [-0.2, -0.15) is 0 Å². The molecule has 0 spiro atoms. The molecular weight excluding hydrogens is 256 g/mol. The number of anilines is 2. The third kappa shape index (κ3) is 2.76. The summed E-state index contributed by atoms with van der Waals surface area (Å²) in [5.74, 6) is 0.564. The summed E-state index contributed by atoms with van der Waals surface area (Å²) in [6.45, 7) is 9.91. The van der Waals surface area contributed by atoms with Gasteiger partial charge in [0.1, 0.15) is 0 Å². The zero-order chi connectivity index (χ0) is 14.8. The van der Waals surface area contributed by atoms with E-state index in [1.807, 2.05) is 0 Å². The van der Waals surface area contributed by atoms with Crippen molar-refractivity contribution in [3.63, 3.8) is 0 Å². The minimum Gasteiger partial charge on any atom is -0.352 e. The maximum absolute atomic E-state index is 2.50. The molecule has 0 aliphatic carbocycles. The van der Waals surface area contributed by atoms with Crippen LogP contribution in [0.5, 0.6) is 0 Å². The molecule has 2 aromatic rings. The van der Waals surface area contributed by atoms with E-state index in [1.54, 1.807) is 0 Å². The van der Waals surface area contributed by atoms with E-state index in [0.717, 1.165) is 19.8 Å². The Morgan fingerprint density at radius 2 is 1.38 bits per heavy atom. The second-order valence-electron chi connectivity index (χ2n) is 6.17. The molecule has 1 aliphatic rings. The minimum absolute atomic E-state index is 0.564. The van der Waals surface area contributed by atoms with E-state index >= 15 is 0 Å². The molecule has 1 fully saturated rings. The molecule has 1 saturated heterocycles. The number of para-hydroxylation sites is 2. The monoisotopic (exact) mass is 280 g/mol. The average Bonchev–Trinajstić information content (AvgIpc) is 2.97. The molecule has 2 aromatic carbocycles. The first kappa shape index (κ1) is 14.0. The number of aryl methyl sites for hydroxylation is 1. The summed E-state index contributed by atoms with van der Waals surface area (Å²) in [5.41, 5.74) is 5.56. The highest BCUT2D eigenvalue weighted by Gasteiger charge is 2.23. The van der Waals surface area contributed by atoms with Crippen LogP contribution in [0.25, 0.3) is 0 Å². The Hall–Kier alpha value is -1.96. The SMILES string of the molecule is Cc1ccccc1N1CCN(c2ccccc2C(C)C)C1. The Morgan fingerprint density at radius 3 is 2.05 bits per heavy atom. The van der Waals surface area contributed by atoms with Crippen LogP contribution >= 0.6 is 0 Å². The van der Waals surface area contributed by atoms with Gasteiger partial charge in [-0.3, -0.25) is 0 Å². The van der Waals surface area contributed by atoms with Gasteiger partial charge in [0.2, 0.25) is 0 Å². The first-order chi connectivity index (χ1) is 10.2. The normalized spacial score (nSPS) is 15.0. The first-order valence-electron chi connectivity index (χ1n) is 7.81. The van der Waals surface area contributed by atoms with Gasteiger partial charge in [0.25, 0.3) is 0 Å². The second-order valence-corrected chi connectivity index (χ2v) is 6.17. The highest BCUT2D eigenvalue weighted by atomic mass is 15.4. The predicted molar refractivity (Wildman–Crippen MR) is 91.3 cm³/mol. The van der Waals surface area contributed by atoms with Crippen LogP contribution in [0.1, 0.15) is 30.9 Å². The van der Waals surface area contributed by atoms with Gasteiger partial charge in [0, 0.05) is 24.5 Å². The van der Waals surface area contributed by atoms with E-state index in [1.165, 1.54) is 22.5 Å². The summed E-state index contributed by atoms with van der Waals surface area (Å²) >= 11 is 0. The molecule has 110 valence electrons. The highest BCUT2D eigenvalue weighted by molar-refractivity contribution is 5.61. The molecule has 0 saturated carbocycles. The van der Waals surface area contributed by atoms with Gasteiger partial charge in [-0.05, 0) is 36.1 Å². The van der Waals surface area contributed by atoms with Crippen molar-refractivity contribution >= 4 is 11.4 Å². The molecule has 2 nitrogen and oxygen atoms in total. The summed E-state index contributed by atoms with van der Waals surface area (Å²) in [4.78, 5) is 4.98. The lowest BCUT2D eigenvalue weighted by molar-refractivity contribution is 0.845. The fraction of sp³-hybridized carbons (Fsp3) is 0.368. The maximum Gasteiger partial charge on any atom is 0.0904 e. The minimum atomic E-state index is 0.564. The van der Waals surface area contributed by atoms with E-state index in [2.05, 4.69) is 79.1 Å². The number of hydrogen-bond donors (Lipinski definition) is 0. The highest BCUT2D eigenvalue weighted by Crippen LogP contribution is 2.31. The molecule has 0 N–H and O–H groups in total. The van der Waals surface area contributed by atoms with Crippen molar-refractivity contribution in [3.05, 3.63) is 59.7 Å². The zero-order valence-electron chi connectivity index (χ0n) is 13.2. The Kier molecular flexibility index (Phi) is 3.87. The van der Waals surface area contributed by atoms with Crippen molar-refractivity contribution in [2.45, 2.75) is 26.7 Å². The van der Waals surface area contributed by atoms with Crippen LogP contribution in [0.4, 0.5) is 11.4 Å². The summed E-state index contributed by atoms with van der Waals surface area (Å²) < 4.78 is 0. The van der Waals surface area contributed by atoms with E-state index < -0.39 is 0 Å². The molecule has 1 aliphatic heterocycles. The lowest BCUT2D eigenvalue weighted by Gasteiger charge is -2.25. The average molecular weight is 280 g/mol. The Balaban J connectivity index is 1.84. The van der Waals surface area contributed by atoms with E-state index in [4.69, 9.17) is 0 Å². The lowest BCUT2D eigenvalue weighted by Crippen LogP contribution is -2.26. The van der Waals surface area contributed by atoms with Crippen molar-refractivity contribution < 1.29 is 0 Å². The van der Waals surface area contributed by atoms with Crippen LogP contribution < -0.4 is 9.80 Å². The van der Waals surface area contributed by atoms with Gasteiger partial charge in [0.15, 0.2) is 0 Å². The molecule has 0 atom stereocenters. The molecule has 2 heteroatoms. The molecule has 0 bridgehead atoms. The zero-order valence-corrected chi connectivity index (χ0v) is 13.2. The molecule has 1 heterocycles. The van der Waals surface area contributed by atoms with Crippen LogP contribution in [0, 0.1) is 6.92 Å². The molecule has 0 unspecified atom stereocenters. The fourth-order valence-corrected chi connectivity index (χ4v) is 3.16. The van der Waals surface area contributed by atoms with Crippen molar-refractivity contribution in [2.75, 3.05) is 29.6 Å². The molecule has 0 radical (unpaired) electrons. The van der Waals surface area contributed by atoms with E-state index in [9.17, 15) is 0 Å². The van der Waals surface area contributed by atoms with Gasteiger partial charge in [-0.25, -0.2) is 0 Å². The Morgan fingerprint density at radius 1 is 0.810 bits per heavy atom. The standard InChI is InChI=1S/C19H24N2/c1-15(2)17-9-5-7-11-19(17)21-13-12-20(14-21)18-10-6-4-8-16(18)3/h4-11,15H,12-14H2,1-3H3. The molecule has 0 aromatic heterocycles. The third-order valence-corrected chi connectivity index (χ3v) is 4.34. The summed E-state index contributed by atoms with van der Waals surface area (Å²) in [7, 11) is 0. The van der Waals surface area contributed by atoms with E-state index in [0.29, 0.717) is 5.92 Å². The number of benzene rings is 2. The van der Waals surface area contributed by atoms with Gasteiger partial charge in [-0.15, -0.1) is 0 Å². The lowest BCUT2D eigenvalue weighted by atomic mass is 10.0. The van der Waals surface area contributed by atoms with Crippen LogP contribution in [0.15, 0.2) is 48.5 Å². The smallest absolute Gasteiger partial charge is 0.0904 e. The predicted octanol–water partition coefficient (Wildman–Crippen LogP) is 4.40. The summed E-state index contributed by atoms with van der Waals surface area (Å²) in [5, 5.41) is 0. The quantitative estimate of drug-likeness (QED) is 0.822. The molecule has 0 amide bonds. The van der Waals surface area contributed by atoms with Gasteiger partial charge in [-0.1, -0.05) is 50.2 Å². The van der Waals surface area contributed by atoms with Crippen LogP contribution in [-0.4, -0.2) is 19.8 Å². The summed E-state index contributed by atoms with van der Waals surface area (Å²) in [6.07, 6.45) is 0. The van der Waals surface area contributed by atoms with Gasteiger partial charge in [0.05, 0.1) is 6.67 Å². The van der Waals surface area contributed by atoms with Gasteiger partial charge >= 0.3 is 0 Å². The van der Waals surface area contributed by atoms with Crippen LogP contribution in [0.2, 0.25) is 0 Å². The van der Waals surface area contributed by atoms with Crippen molar-refractivity contribution in [1.82, 2.24) is 0 Å². The first-order valence-corrected chi connectivity index (χ1v) is 7.81. The maximum atomic E-state index is 2.50. The third-order valence-electron chi connectivity index (χ3n) is 4.34. The van der Waals surface area contributed by atoms with Crippen LogP contribution in [-0.2, 0) is 0 Å². The van der Waals surface area contributed by atoms with Crippen molar-refractivity contribution in [1.29, 1.82) is 0 Å². The second kappa shape index (κ2) is 5.80.